The highest BCUT2D eigenvalue weighted by Crippen LogP contribution is 2.23. The summed E-state index contributed by atoms with van der Waals surface area (Å²) in [5.74, 6) is -1.28. The van der Waals surface area contributed by atoms with Crippen LogP contribution in [-0.4, -0.2) is 67.8 Å². The SMILES string of the molecule is O=C(O)Cc1cccc(S(=O)(=O)N2CCN(CCCc3ccc(OC(F)(F)F)cc3)CC2)c1. The van der Waals surface area contributed by atoms with Gasteiger partial charge in [-0.1, -0.05) is 24.3 Å². The molecule has 0 aromatic heterocycles. The van der Waals surface area contributed by atoms with Gasteiger partial charge in [0, 0.05) is 26.2 Å². The van der Waals surface area contributed by atoms with Gasteiger partial charge < -0.3 is 14.7 Å². The van der Waals surface area contributed by atoms with Crippen molar-refractivity contribution in [3.05, 3.63) is 59.7 Å². The number of carbonyl (C=O) groups is 1. The lowest BCUT2D eigenvalue weighted by atomic mass is 10.1. The number of piperazine rings is 1. The van der Waals surface area contributed by atoms with Gasteiger partial charge in [-0.3, -0.25) is 4.79 Å². The molecule has 0 saturated carbocycles. The van der Waals surface area contributed by atoms with E-state index in [1.807, 2.05) is 0 Å². The molecule has 33 heavy (non-hydrogen) atoms. The molecule has 1 saturated heterocycles. The van der Waals surface area contributed by atoms with E-state index in [-0.39, 0.29) is 17.1 Å². The Kier molecular flexibility index (Phi) is 7.98. The highest BCUT2D eigenvalue weighted by Gasteiger charge is 2.31. The van der Waals surface area contributed by atoms with Crippen molar-refractivity contribution >= 4 is 16.0 Å². The van der Waals surface area contributed by atoms with E-state index in [4.69, 9.17) is 5.11 Å². The molecule has 0 unspecified atom stereocenters. The molecule has 1 aliphatic heterocycles. The summed E-state index contributed by atoms with van der Waals surface area (Å²) in [6.07, 6.45) is -3.49. The number of carboxylic acids is 1. The molecule has 0 bridgehead atoms. The molecule has 0 spiro atoms. The normalized spacial score (nSPS) is 16.0. The van der Waals surface area contributed by atoms with Gasteiger partial charge in [0.1, 0.15) is 5.75 Å². The van der Waals surface area contributed by atoms with Crippen molar-refractivity contribution < 1.29 is 36.2 Å². The van der Waals surface area contributed by atoms with E-state index in [9.17, 15) is 26.4 Å². The molecule has 0 atom stereocenters. The predicted octanol–water partition coefficient (Wildman–Crippen LogP) is 3.15. The number of halogens is 3. The van der Waals surface area contributed by atoms with Crippen LogP contribution in [0, 0.1) is 0 Å². The number of aryl methyl sites for hydroxylation is 1. The third kappa shape index (κ3) is 7.44. The fourth-order valence-electron chi connectivity index (χ4n) is 3.70. The Morgan fingerprint density at radius 1 is 1.00 bits per heavy atom. The molecule has 11 heteroatoms. The molecule has 1 N–H and O–H groups in total. The van der Waals surface area contributed by atoms with E-state index in [1.54, 1.807) is 24.3 Å². The number of benzene rings is 2. The van der Waals surface area contributed by atoms with Gasteiger partial charge in [-0.2, -0.15) is 4.31 Å². The summed E-state index contributed by atoms with van der Waals surface area (Å²) in [6.45, 7) is 2.52. The van der Waals surface area contributed by atoms with Gasteiger partial charge in [-0.05, 0) is 54.8 Å². The first kappa shape index (κ1) is 25.0. The van der Waals surface area contributed by atoms with E-state index >= 15 is 0 Å². The van der Waals surface area contributed by atoms with Gasteiger partial charge in [0.25, 0.3) is 0 Å². The zero-order chi connectivity index (χ0) is 24.1. The van der Waals surface area contributed by atoms with E-state index in [1.165, 1.54) is 28.6 Å². The van der Waals surface area contributed by atoms with Crippen molar-refractivity contribution in [2.24, 2.45) is 0 Å². The van der Waals surface area contributed by atoms with Crippen molar-refractivity contribution in [1.29, 1.82) is 0 Å². The average Bonchev–Trinajstić information content (AvgIpc) is 2.74. The quantitative estimate of drug-likeness (QED) is 0.586. The Bertz CT molecular complexity index is 1050. The topological polar surface area (TPSA) is 87.1 Å². The molecule has 180 valence electrons. The zero-order valence-corrected chi connectivity index (χ0v) is 18.6. The lowest BCUT2D eigenvalue weighted by Crippen LogP contribution is -2.48. The Balaban J connectivity index is 1.46. The maximum Gasteiger partial charge on any atom is 0.573 e. The van der Waals surface area contributed by atoms with Crippen LogP contribution in [-0.2, 0) is 27.7 Å². The van der Waals surface area contributed by atoms with Crippen molar-refractivity contribution in [2.45, 2.75) is 30.5 Å². The molecular formula is C22H25F3N2O5S. The molecule has 1 heterocycles. The van der Waals surface area contributed by atoms with Crippen LogP contribution in [0.25, 0.3) is 0 Å². The van der Waals surface area contributed by atoms with Crippen LogP contribution in [0.4, 0.5) is 13.2 Å². The summed E-state index contributed by atoms with van der Waals surface area (Å²) < 4.78 is 67.8. The monoisotopic (exact) mass is 486 g/mol. The Hall–Kier alpha value is -2.63. The second-order valence-corrected chi connectivity index (χ2v) is 9.70. The lowest BCUT2D eigenvalue weighted by molar-refractivity contribution is -0.274. The molecule has 2 aromatic carbocycles. The zero-order valence-electron chi connectivity index (χ0n) is 17.8. The first-order valence-electron chi connectivity index (χ1n) is 10.4. The van der Waals surface area contributed by atoms with Crippen LogP contribution in [0.3, 0.4) is 0 Å². The van der Waals surface area contributed by atoms with Crippen LogP contribution in [0.2, 0.25) is 0 Å². The van der Waals surface area contributed by atoms with Crippen LogP contribution in [0.1, 0.15) is 17.5 Å². The van der Waals surface area contributed by atoms with Crippen LogP contribution in [0.15, 0.2) is 53.4 Å². The number of alkyl halides is 3. The first-order chi connectivity index (χ1) is 15.5. The maximum absolute atomic E-state index is 12.9. The van der Waals surface area contributed by atoms with Crippen molar-refractivity contribution in [1.82, 2.24) is 9.21 Å². The number of aliphatic carboxylic acids is 1. The second-order valence-electron chi connectivity index (χ2n) is 7.76. The van der Waals surface area contributed by atoms with Crippen LogP contribution < -0.4 is 4.74 Å². The number of sulfonamides is 1. The van der Waals surface area contributed by atoms with Gasteiger partial charge >= 0.3 is 12.3 Å². The van der Waals surface area contributed by atoms with Gasteiger partial charge in [0.15, 0.2) is 0 Å². The highest BCUT2D eigenvalue weighted by atomic mass is 32.2. The molecule has 2 aromatic rings. The standard InChI is InChI=1S/C22H25F3N2O5S/c23-22(24,25)32-19-8-6-17(7-9-19)4-2-10-26-11-13-27(14-12-26)33(30,31)20-5-1-3-18(15-20)16-21(28)29/h1,3,5-9,15H,2,4,10-14,16H2,(H,28,29). The third-order valence-electron chi connectivity index (χ3n) is 5.32. The second kappa shape index (κ2) is 10.5. The van der Waals surface area contributed by atoms with E-state index in [2.05, 4.69) is 9.64 Å². The minimum absolute atomic E-state index is 0.0904. The summed E-state index contributed by atoms with van der Waals surface area (Å²) in [5.41, 5.74) is 1.33. The third-order valence-corrected chi connectivity index (χ3v) is 7.21. The molecule has 3 rings (SSSR count). The van der Waals surface area contributed by atoms with Gasteiger partial charge in [-0.25, -0.2) is 8.42 Å². The Morgan fingerprint density at radius 3 is 2.27 bits per heavy atom. The van der Waals surface area contributed by atoms with E-state index < -0.39 is 22.4 Å². The van der Waals surface area contributed by atoms with Gasteiger partial charge in [0.05, 0.1) is 11.3 Å². The number of hydrogen-bond acceptors (Lipinski definition) is 5. The fourth-order valence-corrected chi connectivity index (χ4v) is 5.19. The number of hydrogen-bond donors (Lipinski definition) is 1. The lowest BCUT2D eigenvalue weighted by Gasteiger charge is -2.34. The van der Waals surface area contributed by atoms with Gasteiger partial charge in [0.2, 0.25) is 10.0 Å². The first-order valence-corrected chi connectivity index (χ1v) is 11.8. The molecular weight excluding hydrogens is 461 g/mol. The minimum Gasteiger partial charge on any atom is -0.481 e. The maximum atomic E-state index is 12.9. The molecule has 0 radical (unpaired) electrons. The Morgan fingerprint density at radius 2 is 1.67 bits per heavy atom. The summed E-state index contributed by atoms with van der Waals surface area (Å²) in [7, 11) is -3.70. The fraction of sp³-hybridized carbons (Fsp3) is 0.409. The summed E-state index contributed by atoms with van der Waals surface area (Å²) >= 11 is 0. The van der Waals surface area contributed by atoms with E-state index in [0.29, 0.717) is 38.2 Å². The molecule has 1 fully saturated rings. The molecule has 1 aliphatic rings. The number of ether oxygens (including phenoxy) is 1. The van der Waals surface area contributed by atoms with E-state index in [0.717, 1.165) is 18.5 Å². The molecule has 7 nitrogen and oxygen atoms in total. The number of nitrogens with zero attached hydrogens (tertiary/aromatic N) is 2. The Labute approximate surface area is 190 Å². The molecule has 0 amide bonds. The summed E-state index contributed by atoms with van der Waals surface area (Å²) in [5, 5.41) is 8.92. The van der Waals surface area contributed by atoms with Crippen molar-refractivity contribution in [2.75, 3.05) is 32.7 Å². The largest absolute Gasteiger partial charge is 0.573 e. The molecule has 0 aliphatic carbocycles. The van der Waals surface area contributed by atoms with Crippen LogP contribution >= 0.6 is 0 Å². The smallest absolute Gasteiger partial charge is 0.481 e. The van der Waals surface area contributed by atoms with Gasteiger partial charge in [-0.15, -0.1) is 13.2 Å². The van der Waals surface area contributed by atoms with Crippen molar-refractivity contribution in [3.63, 3.8) is 0 Å². The summed E-state index contributed by atoms with van der Waals surface area (Å²) in [6, 6.07) is 11.8. The highest BCUT2D eigenvalue weighted by molar-refractivity contribution is 7.89. The van der Waals surface area contributed by atoms with Crippen LogP contribution in [0.5, 0.6) is 5.75 Å². The number of rotatable bonds is 9. The summed E-state index contributed by atoms with van der Waals surface area (Å²) in [4.78, 5) is 13.1. The number of carboxylic acid groups (broad SMARTS) is 1. The predicted molar refractivity (Wildman–Crippen MR) is 114 cm³/mol. The van der Waals surface area contributed by atoms with Crippen molar-refractivity contribution in [3.8, 4) is 5.75 Å². The average molecular weight is 487 g/mol. The minimum atomic E-state index is -4.71.